The van der Waals surface area contributed by atoms with Gasteiger partial charge in [-0.15, -0.1) is 13.2 Å². The lowest BCUT2D eigenvalue weighted by molar-refractivity contribution is -0.148. The lowest BCUT2D eigenvalue weighted by atomic mass is 9.70. The number of nitrogens with one attached hydrogen (secondary N) is 4. The van der Waals surface area contributed by atoms with E-state index in [1.54, 1.807) is 6.08 Å². The molecule has 13 nitrogen and oxygen atoms in total. The smallest absolute Gasteiger partial charge is 0.315 e. The van der Waals surface area contributed by atoms with E-state index < -0.39 is 64.5 Å². The predicted molar refractivity (Wildman–Crippen MR) is 194 cm³/mol. The van der Waals surface area contributed by atoms with E-state index in [-0.39, 0.29) is 63.0 Å². The summed E-state index contributed by atoms with van der Waals surface area (Å²) in [7, 11) is 0. The number of unbranched alkanes of at least 4 members (excludes halogenated alkanes) is 1. The van der Waals surface area contributed by atoms with Crippen LogP contribution in [0.15, 0.2) is 25.3 Å². The Hall–Kier alpha value is -4.03. The molecule has 3 aliphatic rings. The van der Waals surface area contributed by atoms with Gasteiger partial charge in [-0.25, -0.2) is 4.79 Å². The Morgan fingerprint density at radius 3 is 2.18 bits per heavy atom. The maximum atomic E-state index is 14.7. The highest BCUT2D eigenvalue weighted by molar-refractivity contribution is 6.38. The number of hydrogen-bond donors (Lipinski definition) is 4. The predicted octanol–water partition coefficient (Wildman–Crippen LogP) is 3.53. The Balaban J connectivity index is 1.88. The molecule has 0 radical (unpaired) electrons. The molecule has 1 aliphatic carbocycles. The number of hydrogen-bond acceptors (Lipinski definition) is 7. The maximum Gasteiger partial charge on any atom is 0.315 e. The molecule has 1 unspecified atom stereocenters. The summed E-state index contributed by atoms with van der Waals surface area (Å²) in [6.07, 6.45) is 10.2. The molecule has 3 rings (SSSR count). The molecule has 2 saturated heterocycles. The van der Waals surface area contributed by atoms with Gasteiger partial charge < -0.3 is 26.2 Å². The summed E-state index contributed by atoms with van der Waals surface area (Å²) in [4.78, 5) is 96.1. The molecule has 0 aromatic carbocycles. The molecule has 0 aromatic rings. The average Bonchev–Trinajstić information content (AvgIpc) is 3.53. The van der Waals surface area contributed by atoms with Crippen molar-refractivity contribution in [2.24, 2.45) is 16.7 Å². The van der Waals surface area contributed by atoms with Crippen molar-refractivity contribution in [2.75, 3.05) is 19.6 Å². The lowest BCUT2D eigenvalue weighted by Crippen LogP contribution is -2.63. The highest BCUT2D eigenvalue weighted by Crippen LogP contribution is 2.40. The summed E-state index contributed by atoms with van der Waals surface area (Å²) in [5.41, 5.74) is -1.15. The summed E-state index contributed by atoms with van der Waals surface area (Å²) < 4.78 is 0. The third-order valence-corrected chi connectivity index (χ3v) is 10.7. The van der Waals surface area contributed by atoms with Crippen molar-refractivity contribution in [3.8, 4) is 0 Å². The molecule has 51 heavy (non-hydrogen) atoms. The largest absolute Gasteiger partial charge is 0.346 e. The number of rotatable bonds is 16. The monoisotopic (exact) mass is 712 g/mol. The number of ketones is 1. The SMILES string of the molecule is C=CCNC(=O)C(=O)C(CCCC)NC(=O)[C@@H]1C[C@@H](C=C)CN1C(=O)[C@@H](NC(=O)N[C@H](CN1C(=O)CCCC1=O)C(C)(C)C)C1(C)CCCCC1. The second kappa shape index (κ2) is 18.5. The van der Waals surface area contributed by atoms with Gasteiger partial charge >= 0.3 is 6.03 Å². The van der Waals surface area contributed by atoms with Gasteiger partial charge in [0.05, 0.1) is 12.1 Å². The summed E-state index contributed by atoms with van der Waals surface area (Å²) in [5.74, 6) is -3.27. The number of carbonyl (C=O) groups excluding carboxylic acids is 7. The Morgan fingerprint density at radius 2 is 1.61 bits per heavy atom. The van der Waals surface area contributed by atoms with Crippen molar-refractivity contribution < 1.29 is 33.6 Å². The molecule has 7 amide bonds. The number of piperidine rings is 1. The first kappa shape index (κ1) is 41.4. The fraction of sp³-hybridized carbons (Fsp3) is 0.711. The first-order chi connectivity index (χ1) is 24.1. The summed E-state index contributed by atoms with van der Waals surface area (Å²) in [6, 6.07) is -4.21. The molecule has 284 valence electrons. The fourth-order valence-corrected chi connectivity index (χ4v) is 7.29. The third-order valence-electron chi connectivity index (χ3n) is 10.7. The Morgan fingerprint density at radius 1 is 0.961 bits per heavy atom. The van der Waals surface area contributed by atoms with Gasteiger partial charge in [-0.05, 0) is 48.9 Å². The van der Waals surface area contributed by atoms with E-state index >= 15 is 0 Å². The first-order valence-electron chi connectivity index (χ1n) is 18.6. The lowest BCUT2D eigenvalue weighted by Gasteiger charge is -2.43. The fourth-order valence-electron chi connectivity index (χ4n) is 7.29. The minimum Gasteiger partial charge on any atom is -0.346 e. The van der Waals surface area contributed by atoms with Gasteiger partial charge in [-0.3, -0.25) is 33.7 Å². The number of urea groups is 1. The second-order valence-electron chi connectivity index (χ2n) is 15.7. The summed E-state index contributed by atoms with van der Waals surface area (Å²) in [5, 5.41) is 11.2. The van der Waals surface area contributed by atoms with E-state index in [1.165, 1.54) is 15.9 Å². The van der Waals surface area contributed by atoms with Gasteiger partial charge in [-0.1, -0.05) is 78.9 Å². The van der Waals surface area contributed by atoms with Crippen LogP contribution in [-0.4, -0.2) is 95.0 Å². The van der Waals surface area contributed by atoms with Crippen LogP contribution in [0.5, 0.6) is 0 Å². The third kappa shape index (κ3) is 11.0. The number of Topliss-reactive ketones (excluding diaryl/α,β-unsaturated/α-hetero) is 1. The minimum atomic E-state index is -1.06. The number of imide groups is 1. The van der Waals surface area contributed by atoms with Crippen molar-refractivity contribution in [1.29, 1.82) is 0 Å². The molecule has 1 saturated carbocycles. The quantitative estimate of drug-likeness (QED) is 0.108. The molecule has 0 bridgehead atoms. The zero-order valence-corrected chi connectivity index (χ0v) is 31.3. The van der Waals surface area contributed by atoms with Crippen molar-refractivity contribution in [1.82, 2.24) is 31.1 Å². The van der Waals surface area contributed by atoms with Crippen molar-refractivity contribution >= 4 is 41.4 Å². The molecule has 0 spiro atoms. The van der Waals surface area contributed by atoms with E-state index in [0.29, 0.717) is 25.7 Å². The van der Waals surface area contributed by atoms with Crippen LogP contribution < -0.4 is 21.3 Å². The molecular formula is C38H60N6O7. The number of carbonyl (C=O) groups is 7. The molecule has 2 heterocycles. The van der Waals surface area contributed by atoms with Crippen LogP contribution in [-0.2, 0) is 28.8 Å². The average molecular weight is 713 g/mol. The van der Waals surface area contributed by atoms with Crippen molar-refractivity contribution in [3.05, 3.63) is 25.3 Å². The molecule has 3 fully saturated rings. The van der Waals surface area contributed by atoms with E-state index in [1.807, 2.05) is 34.6 Å². The normalized spacial score (nSPS) is 22.3. The van der Waals surface area contributed by atoms with E-state index in [4.69, 9.17) is 0 Å². The Kier molecular flexibility index (Phi) is 15.0. The van der Waals surface area contributed by atoms with Crippen molar-refractivity contribution in [3.63, 3.8) is 0 Å². The number of likely N-dealkylation sites (tertiary alicyclic amines) is 2. The van der Waals surface area contributed by atoms with Crippen LogP contribution in [0.4, 0.5) is 4.79 Å². The van der Waals surface area contributed by atoms with Gasteiger partial charge in [0.15, 0.2) is 0 Å². The number of amides is 7. The summed E-state index contributed by atoms with van der Waals surface area (Å²) >= 11 is 0. The summed E-state index contributed by atoms with van der Waals surface area (Å²) in [6.45, 7) is 17.4. The van der Waals surface area contributed by atoms with Crippen molar-refractivity contribution in [2.45, 2.75) is 136 Å². The molecule has 5 atom stereocenters. The van der Waals surface area contributed by atoms with E-state index in [2.05, 4.69) is 34.4 Å². The molecule has 0 aromatic heterocycles. The molecule has 13 heteroatoms. The van der Waals surface area contributed by atoms with Crippen LogP contribution in [0.25, 0.3) is 0 Å². The minimum absolute atomic E-state index is 0.0172. The molecule has 2 aliphatic heterocycles. The molecule has 4 N–H and O–H groups in total. The Labute approximate surface area is 303 Å². The van der Waals surface area contributed by atoms with Gasteiger partial charge in [0.1, 0.15) is 12.1 Å². The topological polar surface area (TPSA) is 174 Å². The first-order valence-corrected chi connectivity index (χ1v) is 18.6. The van der Waals surface area contributed by atoms with Crippen LogP contribution in [0.3, 0.4) is 0 Å². The standard InChI is InChI=1S/C38H60N6O7/c1-8-11-16-26(31(47)34(49)39-21-9-2)40-33(48)27-22-25(10-3)23-43(27)35(50)32(38(7)19-13-12-14-20-38)42-36(51)41-28(37(4,5)6)24-44-29(45)17-15-18-30(44)46/h9-10,25-28,32H,2-3,8,11-24H2,1,4-7H3,(H,39,49)(H,40,48)(H2,41,42,51)/t25-,26?,27+,28-,32-/m1/s1. The Bertz CT molecular complexity index is 1320. The molecular weight excluding hydrogens is 652 g/mol. The van der Waals surface area contributed by atoms with Crippen LogP contribution in [0, 0.1) is 16.7 Å². The highest BCUT2D eigenvalue weighted by Gasteiger charge is 2.48. The van der Waals surface area contributed by atoms with Crippen LogP contribution >= 0.6 is 0 Å². The van der Waals surface area contributed by atoms with Gasteiger partial charge in [0.25, 0.3) is 5.91 Å². The van der Waals surface area contributed by atoms with E-state index in [9.17, 15) is 33.6 Å². The highest BCUT2D eigenvalue weighted by atomic mass is 16.2. The number of nitrogens with zero attached hydrogens (tertiary/aromatic N) is 2. The van der Waals surface area contributed by atoms with E-state index in [0.717, 1.165) is 25.7 Å². The van der Waals surface area contributed by atoms with Gasteiger partial charge in [-0.2, -0.15) is 0 Å². The second-order valence-corrected chi connectivity index (χ2v) is 15.7. The maximum absolute atomic E-state index is 14.7. The zero-order valence-electron chi connectivity index (χ0n) is 31.3. The van der Waals surface area contributed by atoms with Gasteiger partial charge in [0, 0.05) is 32.5 Å². The van der Waals surface area contributed by atoms with Crippen LogP contribution in [0.2, 0.25) is 0 Å². The van der Waals surface area contributed by atoms with Gasteiger partial charge in [0.2, 0.25) is 29.4 Å². The van der Waals surface area contributed by atoms with Crippen LogP contribution in [0.1, 0.15) is 112 Å². The zero-order chi connectivity index (χ0) is 37.9.